The minimum absolute atomic E-state index is 0.252. The van der Waals surface area contributed by atoms with Crippen molar-refractivity contribution < 1.29 is 10.2 Å². The minimum atomic E-state index is 0.252. The third-order valence-corrected chi connectivity index (χ3v) is 3.96. The molecule has 2 heteroatoms. The lowest BCUT2D eigenvalue weighted by Gasteiger charge is -2.14. The van der Waals surface area contributed by atoms with E-state index < -0.39 is 0 Å². The Morgan fingerprint density at radius 2 is 1.57 bits per heavy atom. The Hall–Kier alpha value is -2.48. The second-order valence-electron chi connectivity index (χ2n) is 5.72. The Kier molecular flexibility index (Phi) is 5.64. The monoisotopic (exact) mass is 308 g/mol. The van der Waals surface area contributed by atoms with Gasteiger partial charge in [0.1, 0.15) is 11.5 Å². The van der Waals surface area contributed by atoms with Gasteiger partial charge in [-0.2, -0.15) is 0 Å². The molecule has 0 aliphatic heterocycles. The average Bonchev–Trinajstić information content (AvgIpc) is 2.53. The van der Waals surface area contributed by atoms with Gasteiger partial charge in [0.05, 0.1) is 0 Å². The van der Waals surface area contributed by atoms with Crippen LogP contribution in [-0.2, 0) is 19.3 Å². The highest BCUT2D eigenvalue weighted by atomic mass is 16.3. The Morgan fingerprint density at radius 3 is 2.22 bits per heavy atom. The van der Waals surface area contributed by atoms with Crippen LogP contribution in [0.1, 0.15) is 30.0 Å². The molecule has 2 aromatic rings. The van der Waals surface area contributed by atoms with Gasteiger partial charge in [-0.25, -0.2) is 0 Å². The fourth-order valence-electron chi connectivity index (χ4n) is 2.83. The number of benzene rings is 2. The van der Waals surface area contributed by atoms with Gasteiger partial charge in [0.2, 0.25) is 0 Å². The van der Waals surface area contributed by atoms with Crippen LogP contribution in [0.2, 0.25) is 0 Å². The summed E-state index contributed by atoms with van der Waals surface area (Å²) in [6.45, 7) is 9.67. The van der Waals surface area contributed by atoms with Crippen molar-refractivity contribution in [2.24, 2.45) is 0 Å². The SMILES string of the molecule is C=CCc1cc(-c2cc(CC=C)c(CCC)cc2O)ccc1O. The number of hydrogen-bond acceptors (Lipinski definition) is 2. The van der Waals surface area contributed by atoms with Gasteiger partial charge in [0.15, 0.2) is 0 Å². The molecule has 0 saturated carbocycles. The molecule has 0 spiro atoms. The van der Waals surface area contributed by atoms with Crippen molar-refractivity contribution in [1.29, 1.82) is 0 Å². The lowest BCUT2D eigenvalue weighted by molar-refractivity contribution is 0.469. The predicted molar refractivity (Wildman–Crippen MR) is 97.0 cm³/mol. The summed E-state index contributed by atoms with van der Waals surface area (Å²) in [5, 5.41) is 20.4. The number of aromatic hydroxyl groups is 2. The molecule has 2 rings (SSSR count). The molecule has 2 aromatic carbocycles. The summed E-state index contributed by atoms with van der Waals surface area (Å²) >= 11 is 0. The average molecular weight is 308 g/mol. The maximum absolute atomic E-state index is 10.4. The van der Waals surface area contributed by atoms with E-state index in [4.69, 9.17) is 0 Å². The first-order valence-electron chi connectivity index (χ1n) is 7.99. The zero-order chi connectivity index (χ0) is 16.8. The van der Waals surface area contributed by atoms with Crippen LogP contribution in [-0.4, -0.2) is 10.2 Å². The summed E-state index contributed by atoms with van der Waals surface area (Å²) in [5.74, 6) is 0.526. The third kappa shape index (κ3) is 3.84. The molecule has 0 unspecified atom stereocenters. The maximum Gasteiger partial charge on any atom is 0.123 e. The number of hydrogen-bond donors (Lipinski definition) is 2. The van der Waals surface area contributed by atoms with Crippen LogP contribution in [0.4, 0.5) is 0 Å². The first kappa shape index (κ1) is 16.9. The van der Waals surface area contributed by atoms with Crippen LogP contribution in [0.25, 0.3) is 11.1 Å². The molecule has 0 radical (unpaired) electrons. The van der Waals surface area contributed by atoms with Crippen molar-refractivity contribution in [3.05, 3.63) is 72.3 Å². The van der Waals surface area contributed by atoms with E-state index in [2.05, 4.69) is 20.1 Å². The van der Waals surface area contributed by atoms with Gasteiger partial charge in [-0.1, -0.05) is 31.6 Å². The summed E-state index contributed by atoms with van der Waals surface area (Å²) in [6.07, 6.45) is 6.98. The van der Waals surface area contributed by atoms with Crippen LogP contribution in [0.3, 0.4) is 0 Å². The van der Waals surface area contributed by atoms with Crippen LogP contribution in [0.15, 0.2) is 55.6 Å². The van der Waals surface area contributed by atoms with Gasteiger partial charge >= 0.3 is 0 Å². The molecule has 0 aromatic heterocycles. The van der Waals surface area contributed by atoms with E-state index >= 15 is 0 Å². The molecule has 0 heterocycles. The summed E-state index contributed by atoms with van der Waals surface area (Å²) in [6, 6.07) is 9.29. The quantitative estimate of drug-likeness (QED) is 0.692. The number of phenolic OH excluding ortho intramolecular Hbond substituents is 2. The number of aryl methyl sites for hydroxylation is 1. The van der Waals surface area contributed by atoms with Crippen molar-refractivity contribution in [1.82, 2.24) is 0 Å². The molecule has 0 amide bonds. The Bertz CT molecular complexity index is 714. The summed E-state index contributed by atoms with van der Waals surface area (Å²) in [4.78, 5) is 0. The predicted octanol–water partition coefficient (Wildman–Crippen LogP) is 5.17. The summed E-state index contributed by atoms with van der Waals surface area (Å²) < 4.78 is 0. The molecule has 2 nitrogen and oxygen atoms in total. The van der Waals surface area contributed by atoms with Crippen LogP contribution in [0, 0.1) is 0 Å². The van der Waals surface area contributed by atoms with E-state index in [1.54, 1.807) is 12.1 Å². The molecular weight excluding hydrogens is 284 g/mol. The smallest absolute Gasteiger partial charge is 0.123 e. The van der Waals surface area contributed by atoms with Crippen LogP contribution >= 0.6 is 0 Å². The van der Waals surface area contributed by atoms with Crippen molar-refractivity contribution in [3.8, 4) is 22.6 Å². The maximum atomic E-state index is 10.4. The van der Waals surface area contributed by atoms with Gasteiger partial charge in [-0.3, -0.25) is 0 Å². The van der Waals surface area contributed by atoms with Gasteiger partial charge in [-0.15, -0.1) is 13.2 Å². The highest BCUT2D eigenvalue weighted by molar-refractivity contribution is 5.73. The summed E-state index contributed by atoms with van der Waals surface area (Å²) in [5.41, 5.74) is 4.84. The van der Waals surface area contributed by atoms with E-state index in [0.29, 0.717) is 6.42 Å². The first-order valence-corrected chi connectivity index (χ1v) is 7.99. The highest BCUT2D eigenvalue weighted by Crippen LogP contribution is 2.35. The van der Waals surface area contributed by atoms with Gasteiger partial charge in [-0.05, 0) is 65.8 Å². The third-order valence-electron chi connectivity index (χ3n) is 3.96. The zero-order valence-electron chi connectivity index (χ0n) is 13.7. The second kappa shape index (κ2) is 7.68. The first-order chi connectivity index (χ1) is 11.1. The summed E-state index contributed by atoms with van der Waals surface area (Å²) in [7, 11) is 0. The topological polar surface area (TPSA) is 40.5 Å². The Morgan fingerprint density at radius 1 is 0.870 bits per heavy atom. The fraction of sp³-hybridized carbons (Fsp3) is 0.238. The van der Waals surface area contributed by atoms with Gasteiger partial charge in [0.25, 0.3) is 0 Å². The highest BCUT2D eigenvalue weighted by Gasteiger charge is 2.12. The molecule has 2 N–H and O–H groups in total. The van der Waals surface area contributed by atoms with Gasteiger partial charge < -0.3 is 10.2 Å². The van der Waals surface area contributed by atoms with Crippen molar-refractivity contribution in [2.75, 3.05) is 0 Å². The number of rotatable bonds is 7. The molecule has 23 heavy (non-hydrogen) atoms. The molecule has 0 atom stereocenters. The normalized spacial score (nSPS) is 10.5. The molecule has 0 bridgehead atoms. The Balaban J connectivity index is 2.54. The fourth-order valence-corrected chi connectivity index (χ4v) is 2.83. The molecule has 0 aliphatic rings. The number of allylic oxidation sites excluding steroid dienone is 2. The van der Waals surface area contributed by atoms with E-state index in [9.17, 15) is 10.2 Å². The standard InChI is InChI=1S/C21H24O2/c1-4-7-15-13-19(21(23)14-16(15)8-5-2)17-10-11-20(22)18(12-17)9-6-3/h4,6,10-14,22-23H,1,3,5,7-9H2,2H3. The van der Waals surface area contributed by atoms with E-state index in [0.717, 1.165) is 36.0 Å². The van der Waals surface area contributed by atoms with E-state index in [-0.39, 0.29) is 11.5 Å². The minimum Gasteiger partial charge on any atom is -0.508 e. The molecule has 120 valence electrons. The molecular formula is C21H24O2. The van der Waals surface area contributed by atoms with E-state index in [1.807, 2.05) is 30.3 Å². The lowest BCUT2D eigenvalue weighted by atomic mass is 9.93. The molecule has 0 saturated heterocycles. The van der Waals surface area contributed by atoms with Gasteiger partial charge in [0, 0.05) is 5.56 Å². The van der Waals surface area contributed by atoms with Crippen LogP contribution in [0.5, 0.6) is 11.5 Å². The second-order valence-corrected chi connectivity index (χ2v) is 5.72. The van der Waals surface area contributed by atoms with Crippen molar-refractivity contribution in [2.45, 2.75) is 32.6 Å². The number of phenols is 2. The Labute approximate surface area is 138 Å². The van der Waals surface area contributed by atoms with Crippen molar-refractivity contribution >= 4 is 0 Å². The molecule has 0 fully saturated rings. The van der Waals surface area contributed by atoms with Crippen LogP contribution < -0.4 is 0 Å². The van der Waals surface area contributed by atoms with Crippen molar-refractivity contribution in [3.63, 3.8) is 0 Å². The largest absolute Gasteiger partial charge is 0.508 e. The van der Waals surface area contributed by atoms with E-state index in [1.165, 1.54) is 11.1 Å². The lowest BCUT2D eigenvalue weighted by Crippen LogP contribution is -1.95. The molecule has 0 aliphatic carbocycles. The zero-order valence-corrected chi connectivity index (χ0v) is 13.7.